The van der Waals surface area contributed by atoms with Gasteiger partial charge in [-0.1, -0.05) is 34.6 Å². The monoisotopic (exact) mass is 449 g/mol. The molecule has 9 heteroatoms. The zero-order chi connectivity index (χ0) is 24.4. The van der Waals surface area contributed by atoms with Gasteiger partial charge in [-0.05, 0) is 49.4 Å². The van der Waals surface area contributed by atoms with E-state index in [4.69, 9.17) is 11.5 Å². The van der Waals surface area contributed by atoms with E-state index in [2.05, 4.69) is 24.5 Å². The molecule has 3 rings (SSSR count). The number of piperidine rings is 1. The van der Waals surface area contributed by atoms with Gasteiger partial charge < -0.3 is 27.0 Å². The Hall–Kier alpha value is -2.16. The van der Waals surface area contributed by atoms with Crippen molar-refractivity contribution in [2.24, 2.45) is 40.1 Å². The summed E-state index contributed by atoms with van der Waals surface area (Å²) < 4.78 is 0. The number of carbonyl (C=O) groups excluding carboxylic acids is 4. The number of hydrogen-bond donors (Lipinski definition) is 4. The van der Waals surface area contributed by atoms with Gasteiger partial charge in [0.1, 0.15) is 12.1 Å². The summed E-state index contributed by atoms with van der Waals surface area (Å²) in [6.45, 7) is 14.2. The number of nitrogens with one attached hydrogen (secondary N) is 2. The van der Waals surface area contributed by atoms with Crippen molar-refractivity contribution in [2.45, 2.75) is 85.0 Å². The van der Waals surface area contributed by atoms with E-state index in [1.54, 1.807) is 4.90 Å². The van der Waals surface area contributed by atoms with E-state index in [0.717, 1.165) is 0 Å². The lowest BCUT2D eigenvalue weighted by atomic mass is 9.86. The third kappa shape index (κ3) is 4.36. The number of likely N-dealkylation sites (tertiary alicyclic amines) is 1. The number of nitrogens with two attached hydrogens (primary N) is 2. The number of amides is 4. The SMILES string of the molecule is CC1(C)C[C@@H](C[C@H](NC(=O)[C@@H]2[C@@H]3[C@H](CN2C(=O)[C@@H](N)C(C)(C)C)C3(C)C)C(N)=O)C(=O)N1. The molecule has 1 saturated carbocycles. The van der Waals surface area contributed by atoms with Crippen molar-refractivity contribution in [3.05, 3.63) is 0 Å². The summed E-state index contributed by atoms with van der Waals surface area (Å²) in [6.07, 6.45) is 0.688. The van der Waals surface area contributed by atoms with E-state index in [9.17, 15) is 19.2 Å². The smallest absolute Gasteiger partial charge is 0.243 e. The Morgan fingerprint density at radius 3 is 2.28 bits per heavy atom. The molecule has 180 valence electrons. The van der Waals surface area contributed by atoms with Crippen molar-refractivity contribution in [2.75, 3.05) is 6.54 Å². The van der Waals surface area contributed by atoms with Crippen LogP contribution >= 0.6 is 0 Å². The Morgan fingerprint density at radius 1 is 1.22 bits per heavy atom. The van der Waals surface area contributed by atoms with Gasteiger partial charge in [0, 0.05) is 18.0 Å². The molecule has 1 aliphatic carbocycles. The number of hydrogen-bond acceptors (Lipinski definition) is 5. The molecular formula is C23H39N5O4. The van der Waals surface area contributed by atoms with E-state index in [1.807, 2.05) is 34.6 Å². The van der Waals surface area contributed by atoms with Crippen LogP contribution in [0.15, 0.2) is 0 Å². The molecule has 4 amide bonds. The van der Waals surface area contributed by atoms with Gasteiger partial charge in [-0.2, -0.15) is 0 Å². The van der Waals surface area contributed by atoms with Crippen molar-refractivity contribution >= 4 is 23.6 Å². The first-order chi connectivity index (χ1) is 14.5. The Morgan fingerprint density at radius 2 is 1.81 bits per heavy atom. The summed E-state index contributed by atoms with van der Waals surface area (Å²) in [5.74, 6) is -1.70. The highest BCUT2D eigenvalue weighted by molar-refractivity contribution is 5.94. The molecule has 0 bridgehead atoms. The lowest BCUT2D eigenvalue weighted by molar-refractivity contribution is -0.143. The normalized spacial score (nSPS) is 32.0. The van der Waals surface area contributed by atoms with Crippen LogP contribution in [0.2, 0.25) is 0 Å². The topological polar surface area (TPSA) is 148 Å². The molecule has 9 nitrogen and oxygen atoms in total. The summed E-state index contributed by atoms with van der Waals surface area (Å²) in [7, 11) is 0. The molecule has 0 aromatic rings. The Kier molecular flexibility index (Phi) is 5.90. The van der Waals surface area contributed by atoms with Gasteiger partial charge in [0.2, 0.25) is 23.6 Å². The average molecular weight is 450 g/mol. The minimum absolute atomic E-state index is 0.000794. The highest BCUT2D eigenvalue weighted by Crippen LogP contribution is 2.65. The van der Waals surface area contributed by atoms with E-state index >= 15 is 0 Å². The number of primary amides is 1. The van der Waals surface area contributed by atoms with E-state index in [1.165, 1.54) is 0 Å². The van der Waals surface area contributed by atoms with Crippen LogP contribution in [-0.4, -0.2) is 58.7 Å². The van der Waals surface area contributed by atoms with Crippen molar-refractivity contribution in [1.82, 2.24) is 15.5 Å². The maximum atomic E-state index is 13.4. The van der Waals surface area contributed by atoms with Crippen LogP contribution in [0.3, 0.4) is 0 Å². The number of fused-ring (bicyclic) bond motifs is 1. The van der Waals surface area contributed by atoms with Crippen molar-refractivity contribution in [1.29, 1.82) is 0 Å². The van der Waals surface area contributed by atoms with Gasteiger partial charge in [-0.3, -0.25) is 19.2 Å². The summed E-state index contributed by atoms with van der Waals surface area (Å²) in [6, 6.07) is -2.43. The summed E-state index contributed by atoms with van der Waals surface area (Å²) in [5, 5.41) is 5.66. The molecule has 0 spiro atoms. The minimum atomic E-state index is -0.985. The molecule has 32 heavy (non-hydrogen) atoms. The van der Waals surface area contributed by atoms with Gasteiger partial charge in [0.15, 0.2) is 0 Å². The molecule has 6 N–H and O–H groups in total. The third-order valence-electron chi connectivity index (χ3n) is 7.73. The summed E-state index contributed by atoms with van der Waals surface area (Å²) in [5.41, 5.74) is 10.9. The van der Waals surface area contributed by atoms with E-state index in [0.29, 0.717) is 13.0 Å². The third-order valence-corrected chi connectivity index (χ3v) is 7.73. The molecule has 0 aromatic heterocycles. The average Bonchev–Trinajstić information content (AvgIpc) is 2.96. The van der Waals surface area contributed by atoms with Crippen LogP contribution in [-0.2, 0) is 19.2 Å². The molecule has 2 heterocycles. The van der Waals surface area contributed by atoms with Crippen molar-refractivity contribution in [3.8, 4) is 0 Å². The molecular weight excluding hydrogens is 410 g/mol. The second-order valence-electron chi connectivity index (χ2n) is 12.2. The number of carbonyl (C=O) groups is 4. The fourth-order valence-corrected chi connectivity index (χ4v) is 5.54. The summed E-state index contributed by atoms with van der Waals surface area (Å²) in [4.78, 5) is 52.6. The standard InChI is InChI=1S/C23H39N5O4/c1-21(2,3)16(24)20(32)28-10-12-14(23(12,6)7)15(28)19(31)26-13(17(25)29)8-11-9-22(4,5)27-18(11)30/h11-16H,8-10,24H2,1-7H3,(H2,25,29)(H,26,31)(H,27,30)/t11-,12+,13+,14+,15+,16-/m1/s1. The Labute approximate surface area is 190 Å². The number of nitrogens with zero attached hydrogens (tertiary/aromatic N) is 1. The van der Waals surface area contributed by atoms with Gasteiger partial charge in [-0.25, -0.2) is 0 Å². The van der Waals surface area contributed by atoms with Crippen LogP contribution in [0.4, 0.5) is 0 Å². The molecule has 0 radical (unpaired) electrons. The van der Waals surface area contributed by atoms with E-state index < -0.39 is 41.3 Å². The van der Waals surface area contributed by atoms with Gasteiger partial charge >= 0.3 is 0 Å². The highest BCUT2D eigenvalue weighted by atomic mass is 16.2. The van der Waals surface area contributed by atoms with Crippen LogP contribution in [0, 0.1) is 28.6 Å². The maximum absolute atomic E-state index is 13.4. The second kappa shape index (κ2) is 7.71. The zero-order valence-electron chi connectivity index (χ0n) is 20.3. The van der Waals surface area contributed by atoms with E-state index in [-0.39, 0.29) is 41.0 Å². The van der Waals surface area contributed by atoms with Gasteiger partial charge in [-0.15, -0.1) is 0 Å². The molecule has 0 unspecified atom stereocenters. The molecule has 2 aliphatic heterocycles. The second-order valence-corrected chi connectivity index (χ2v) is 12.2. The number of rotatable bonds is 6. The lowest BCUT2D eigenvalue weighted by Crippen LogP contribution is -2.59. The fourth-order valence-electron chi connectivity index (χ4n) is 5.54. The first kappa shape index (κ1) is 24.5. The minimum Gasteiger partial charge on any atom is -0.368 e. The first-order valence-electron chi connectivity index (χ1n) is 11.4. The van der Waals surface area contributed by atoms with Crippen molar-refractivity contribution in [3.63, 3.8) is 0 Å². The van der Waals surface area contributed by atoms with Gasteiger partial charge in [0.25, 0.3) is 0 Å². The molecule has 0 aromatic carbocycles. The fraction of sp³-hybridized carbons (Fsp3) is 0.826. The Bertz CT molecular complexity index is 831. The molecule has 2 saturated heterocycles. The van der Waals surface area contributed by atoms with Crippen LogP contribution in [0.1, 0.15) is 61.3 Å². The molecule has 3 aliphatic rings. The predicted molar refractivity (Wildman–Crippen MR) is 120 cm³/mol. The molecule has 3 fully saturated rings. The molecule has 6 atom stereocenters. The maximum Gasteiger partial charge on any atom is 0.243 e. The first-order valence-corrected chi connectivity index (χ1v) is 11.4. The van der Waals surface area contributed by atoms with Crippen LogP contribution < -0.4 is 22.1 Å². The van der Waals surface area contributed by atoms with Crippen molar-refractivity contribution < 1.29 is 19.2 Å². The largest absolute Gasteiger partial charge is 0.368 e. The quantitative estimate of drug-likeness (QED) is 0.455. The predicted octanol–water partition coefficient (Wildman–Crippen LogP) is 0.118. The van der Waals surface area contributed by atoms with Crippen LogP contribution in [0.25, 0.3) is 0 Å². The Balaban J connectivity index is 1.77. The summed E-state index contributed by atoms with van der Waals surface area (Å²) >= 11 is 0. The zero-order valence-corrected chi connectivity index (χ0v) is 20.3. The highest BCUT2D eigenvalue weighted by Gasteiger charge is 2.69. The van der Waals surface area contributed by atoms with Gasteiger partial charge in [0.05, 0.1) is 6.04 Å². The van der Waals surface area contributed by atoms with Crippen LogP contribution in [0.5, 0.6) is 0 Å². The lowest BCUT2D eigenvalue weighted by Gasteiger charge is -2.36.